The quantitative estimate of drug-likeness (QED) is 0.722. The zero-order valence-electron chi connectivity index (χ0n) is 17.5. The first-order valence-electron chi connectivity index (χ1n) is 10.9. The summed E-state index contributed by atoms with van der Waals surface area (Å²) in [5.41, 5.74) is 1.80. The minimum Gasteiger partial charge on any atom is -0.339 e. The molecule has 0 bridgehead atoms. The van der Waals surface area contributed by atoms with E-state index < -0.39 is 10.0 Å². The molecule has 2 aliphatic rings. The normalized spacial score (nSPS) is 21.9. The third-order valence-electron chi connectivity index (χ3n) is 6.49. The van der Waals surface area contributed by atoms with Crippen LogP contribution in [0.25, 0.3) is 0 Å². The van der Waals surface area contributed by atoms with Gasteiger partial charge in [-0.2, -0.15) is 0 Å². The van der Waals surface area contributed by atoms with Crippen LogP contribution in [0.4, 0.5) is 0 Å². The summed E-state index contributed by atoms with van der Waals surface area (Å²) >= 11 is 0. The Morgan fingerprint density at radius 3 is 2.33 bits per heavy atom. The van der Waals surface area contributed by atoms with Gasteiger partial charge in [-0.05, 0) is 74.1 Å². The predicted octanol–water partition coefficient (Wildman–Crippen LogP) is 4.17. The number of nitrogens with zero attached hydrogens (tertiary/aromatic N) is 1. The van der Waals surface area contributed by atoms with Gasteiger partial charge < -0.3 is 4.90 Å². The third kappa shape index (κ3) is 4.93. The highest BCUT2D eigenvalue weighted by molar-refractivity contribution is 7.89. The molecular weight excluding hydrogens is 396 g/mol. The lowest BCUT2D eigenvalue weighted by Gasteiger charge is -2.35. The summed E-state index contributed by atoms with van der Waals surface area (Å²) in [5.74, 6) is 0.899. The van der Waals surface area contributed by atoms with E-state index in [0.29, 0.717) is 23.9 Å². The van der Waals surface area contributed by atoms with Crippen LogP contribution in [-0.2, 0) is 10.0 Å². The maximum Gasteiger partial charge on any atom is 0.253 e. The summed E-state index contributed by atoms with van der Waals surface area (Å²) in [6.07, 6.45) is 6.21. The van der Waals surface area contributed by atoms with Gasteiger partial charge in [0.05, 0.1) is 4.90 Å². The summed E-state index contributed by atoms with van der Waals surface area (Å²) in [6.45, 7) is 0.477. The number of hydrogen-bond donors (Lipinski definition) is 1. The van der Waals surface area contributed by atoms with Crippen molar-refractivity contribution in [3.05, 3.63) is 65.7 Å². The summed E-state index contributed by atoms with van der Waals surface area (Å²) < 4.78 is 27.8. The molecule has 0 spiro atoms. The molecule has 0 heterocycles. The Balaban J connectivity index is 1.39. The van der Waals surface area contributed by atoms with E-state index in [9.17, 15) is 13.2 Å². The topological polar surface area (TPSA) is 66.5 Å². The fourth-order valence-corrected chi connectivity index (χ4v) is 5.48. The number of rotatable bonds is 7. The molecular formula is C24H30N2O3S. The molecule has 30 heavy (non-hydrogen) atoms. The number of benzene rings is 2. The van der Waals surface area contributed by atoms with Crippen LogP contribution in [0.15, 0.2) is 59.5 Å². The van der Waals surface area contributed by atoms with Gasteiger partial charge in [0.25, 0.3) is 5.91 Å². The Morgan fingerprint density at radius 2 is 1.67 bits per heavy atom. The van der Waals surface area contributed by atoms with Crippen LogP contribution >= 0.6 is 0 Å². The van der Waals surface area contributed by atoms with E-state index in [0.717, 1.165) is 38.5 Å². The highest BCUT2D eigenvalue weighted by Crippen LogP contribution is 2.34. The summed E-state index contributed by atoms with van der Waals surface area (Å²) in [6, 6.07) is 17.2. The van der Waals surface area contributed by atoms with Crippen molar-refractivity contribution in [3.8, 4) is 0 Å². The van der Waals surface area contributed by atoms with Gasteiger partial charge in [-0.15, -0.1) is 0 Å². The van der Waals surface area contributed by atoms with Gasteiger partial charge in [0, 0.05) is 25.2 Å². The standard InChI is InChI=1S/C24H30N2O3S/c1-26(22-14-12-20(13-15-22)19-6-3-2-4-7-19)24(27)21-8-5-9-23(16-21)30(28,29)25-17-18-10-11-18/h2-9,16,18,20,22,25H,10-15,17H2,1H3. The van der Waals surface area contributed by atoms with E-state index in [1.165, 1.54) is 11.6 Å². The summed E-state index contributed by atoms with van der Waals surface area (Å²) in [7, 11) is -1.74. The Bertz CT molecular complexity index is 979. The van der Waals surface area contributed by atoms with E-state index in [2.05, 4.69) is 29.0 Å². The van der Waals surface area contributed by atoms with Gasteiger partial charge in [-0.1, -0.05) is 36.4 Å². The number of amides is 1. The Labute approximate surface area is 179 Å². The second kappa shape index (κ2) is 8.90. The van der Waals surface area contributed by atoms with Gasteiger partial charge >= 0.3 is 0 Å². The smallest absolute Gasteiger partial charge is 0.253 e. The molecule has 0 unspecified atom stereocenters. The van der Waals surface area contributed by atoms with Gasteiger partial charge in [0.2, 0.25) is 10.0 Å². The zero-order valence-corrected chi connectivity index (χ0v) is 18.3. The average Bonchev–Trinajstić information content (AvgIpc) is 3.62. The number of carbonyl (C=O) groups excluding carboxylic acids is 1. The second-order valence-electron chi connectivity index (χ2n) is 8.66. The SMILES string of the molecule is CN(C(=O)c1cccc(S(=O)(=O)NCC2CC2)c1)C1CCC(c2ccccc2)CC1. The molecule has 0 saturated heterocycles. The number of sulfonamides is 1. The minimum absolute atomic E-state index is 0.114. The van der Waals surface area contributed by atoms with Crippen molar-refractivity contribution in [1.82, 2.24) is 9.62 Å². The largest absolute Gasteiger partial charge is 0.339 e. The number of nitrogens with one attached hydrogen (secondary N) is 1. The highest BCUT2D eigenvalue weighted by atomic mass is 32.2. The van der Waals surface area contributed by atoms with Crippen molar-refractivity contribution in [2.45, 2.75) is 55.4 Å². The molecule has 2 aliphatic carbocycles. The third-order valence-corrected chi connectivity index (χ3v) is 7.91. The lowest BCUT2D eigenvalue weighted by molar-refractivity contribution is 0.0689. The van der Waals surface area contributed by atoms with Crippen LogP contribution in [0.1, 0.15) is 60.4 Å². The van der Waals surface area contributed by atoms with Gasteiger partial charge in [-0.25, -0.2) is 13.1 Å². The van der Waals surface area contributed by atoms with Crippen LogP contribution < -0.4 is 4.72 Å². The molecule has 1 N–H and O–H groups in total. The van der Waals surface area contributed by atoms with Crippen LogP contribution in [0.2, 0.25) is 0 Å². The summed E-state index contributed by atoms with van der Waals surface area (Å²) in [4.78, 5) is 15.0. The van der Waals surface area contributed by atoms with E-state index >= 15 is 0 Å². The van der Waals surface area contributed by atoms with Gasteiger partial charge in [0.1, 0.15) is 0 Å². The van der Waals surface area contributed by atoms with Gasteiger partial charge in [0.15, 0.2) is 0 Å². The van der Waals surface area contributed by atoms with Crippen molar-refractivity contribution in [2.24, 2.45) is 5.92 Å². The van der Waals surface area contributed by atoms with Gasteiger partial charge in [-0.3, -0.25) is 4.79 Å². The Hall–Kier alpha value is -2.18. The highest BCUT2D eigenvalue weighted by Gasteiger charge is 2.29. The molecule has 1 amide bonds. The van der Waals surface area contributed by atoms with Crippen LogP contribution in [0.3, 0.4) is 0 Å². The predicted molar refractivity (Wildman–Crippen MR) is 118 cm³/mol. The zero-order chi connectivity index (χ0) is 21.1. The first-order chi connectivity index (χ1) is 14.4. The molecule has 6 heteroatoms. The molecule has 2 aromatic carbocycles. The van der Waals surface area contributed by atoms with Crippen molar-refractivity contribution in [2.75, 3.05) is 13.6 Å². The van der Waals surface area contributed by atoms with Crippen LogP contribution in [-0.4, -0.2) is 38.9 Å². The Morgan fingerprint density at radius 1 is 0.967 bits per heavy atom. The van der Waals surface area contributed by atoms with E-state index in [-0.39, 0.29) is 16.8 Å². The molecule has 2 aromatic rings. The second-order valence-corrected chi connectivity index (χ2v) is 10.4. The molecule has 0 aromatic heterocycles. The molecule has 0 radical (unpaired) electrons. The van der Waals surface area contributed by atoms with Crippen molar-refractivity contribution in [1.29, 1.82) is 0 Å². The van der Waals surface area contributed by atoms with Crippen LogP contribution in [0.5, 0.6) is 0 Å². The number of carbonyl (C=O) groups is 1. The monoisotopic (exact) mass is 426 g/mol. The maximum absolute atomic E-state index is 13.1. The molecule has 160 valence electrons. The molecule has 0 atom stereocenters. The average molecular weight is 427 g/mol. The lowest BCUT2D eigenvalue weighted by atomic mass is 9.81. The summed E-state index contributed by atoms with van der Waals surface area (Å²) in [5, 5.41) is 0. The maximum atomic E-state index is 13.1. The van der Waals surface area contributed by atoms with Crippen LogP contribution in [0, 0.1) is 5.92 Å². The van der Waals surface area contributed by atoms with Crippen molar-refractivity contribution >= 4 is 15.9 Å². The fraction of sp³-hybridized carbons (Fsp3) is 0.458. The lowest BCUT2D eigenvalue weighted by Crippen LogP contribution is -2.39. The first kappa shape index (κ1) is 21.1. The first-order valence-corrected chi connectivity index (χ1v) is 12.3. The fourth-order valence-electron chi connectivity index (χ4n) is 4.32. The molecule has 2 fully saturated rings. The molecule has 5 nitrogen and oxygen atoms in total. The molecule has 0 aliphatic heterocycles. The van der Waals surface area contributed by atoms with Crippen molar-refractivity contribution < 1.29 is 13.2 Å². The Kier molecular flexibility index (Phi) is 6.25. The van der Waals surface area contributed by atoms with E-state index in [1.807, 2.05) is 13.1 Å². The van der Waals surface area contributed by atoms with E-state index in [1.54, 1.807) is 23.1 Å². The van der Waals surface area contributed by atoms with Crippen molar-refractivity contribution in [3.63, 3.8) is 0 Å². The number of hydrogen-bond acceptors (Lipinski definition) is 3. The molecule has 4 rings (SSSR count). The minimum atomic E-state index is -3.58. The van der Waals surface area contributed by atoms with E-state index in [4.69, 9.17) is 0 Å². The molecule has 2 saturated carbocycles.